The molecule has 2 aromatic heterocycles. The lowest BCUT2D eigenvalue weighted by molar-refractivity contribution is -0.136. The molecule has 3 rings (SSSR count). The number of thiophene rings is 1. The number of hydrogen-bond donors (Lipinski definition) is 1. The van der Waals surface area contributed by atoms with Crippen molar-refractivity contribution in [3.8, 4) is 5.88 Å². The van der Waals surface area contributed by atoms with Gasteiger partial charge in [-0.25, -0.2) is 4.98 Å². The van der Waals surface area contributed by atoms with E-state index in [4.69, 9.17) is 4.74 Å². The van der Waals surface area contributed by atoms with Gasteiger partial charge in [0.05, 0.1) is 25.4 Å². The number of likely N-dealkylation sites (tertiary alicyclic amines) is 1. The highest BCUT2D eigenvalue weighted by atomic mass is 32.1. The monoisotopic (exact) mass is 345 g/mol. The third kappa shape index (κ3) is 3.73. The van der Waals surface area contributed by atoms with Crippen molar-refractivity contribution in [3.05, 3.63) is 40.7 Å². The van der Waals surface area contributed by atoms with E-state index < -0.39 is 6.04 Å². The maximum atomic E-state index is 12.5. The summed E-state index contributed by atoms with van der Waals surface area (Å²) >= 11 is 1.56. The zero-order valence-corrected chi connectivity index (χ0v) is 14.2. The Morgan fingerprint density at radius 3 is 2.96 bits per heavy atom. The molecule has 0 bridgehead atoms. The first-order valence-electron chi connectivity index (χ1n) is 7.80. The predicted molar refractivity (Wildman–Crippen MR) is 92.2 cm³/mol. The average molecular weight is 345 g/mol. The third-order valence-electron chi connectivity index (χ3n) is 3.99. The molecule has 24 heavy (non-hydrogen) atoms. The minimum atomic E-state index is -0.417. The number of amides is 2. The van der Waals surface area contributed by atoms with Gasteiger partial charge in [0.2, 0.25) is 17.7 Å². The molecule has 1 N–H and O–H groups in total. The minimum Gasteiger partial charge on any atom is -0.481 e. The lowest BCUT2D eigenvalue weighted by Gasteiger charge is -2.23. The molecule has 0 radical (unpaired) electrons. The van der Waals surface area contributed by atoms with Gasteiger partial charge in [-0.3, -0.25) is 9.59 Å². The summed E-state index contributed by atoms with van der Waals surface area (Å²) in [6, 6.07) is 6.87. The Kier molecular flexibility index (Phi) is 5.10. The Morgan fingerprint density at radius 1 is 1.42 bits per heavy atom. The van der Waals surface area contributed by atoms with Crippen molar-refractivity contribution in [2.75, 3.05) is 19.0 Å². The molecule has 1 atom stereocenters. The van der Waals surface area contributed by atoms with Crippen LogP contribution in [0.5, 0.6) is 5.88 Å². The van der Waals surface area contributed by atoms with E-state index in [9.17, 15) is 9.59 Å². The number of hydrogen-bond acceptors (Lipinski definition) is 5. The fourth-order valence-corrected chi connectivity index (χ4v) is 3.50. The van der Waals surface area contributed by atoms with Crippen molar-refractivity contribution >= 4 is 28.8 Å². The van der Waals surface area contributed by atoms with Crippen molar-refractivity contribution in [1.82, 2.24) is 9.88 Å². The van der Waals surface area contributed by atoms with E-state index in [1.54, 1.807) is 34.6 Å². The summed E-state index contributed by atoms with van der Waals surface area (Å²) in [7, 11) is 1.54. The van der Waals surface area contributed by atoms with Gasteiger partial charge in [0.25, 0.3) is 0 Å². The van der Waals surface area contributed by atoms with Crippen molar-refractivity contribution in [2.45, 2.75) is 25.3 Å². The van der Waals surface area contributed by atoms with E-state index in [0.717, 1.165) is 11.3 Å². The summed E-state index contributed by atoms with van der Waals surface area (Å²) in [4.78, 5) is 31.8. The molecule has 0 unspecified atom stereocenters. The van der Waals surface area contributed by atoms with E-state index in [2.05, 4.69) is 10.3 Å². The van der Waals surface area contributed by atoms with E-state index >= 15 is 0 Å². The zero-order valence-electron chi connectivity index (χ0n) is 13.4. The van der Waals surface area contributed by atoms with Gasteiger partial charge in [-0.1, -0.05) is 6.07 Å². The standard InChI is InChI=1S/C17H19N3O3S/c1-23-15-7-6-12(11-18-15)19-17(22)14-5-2-8-20(14)16(21)10-13-4-3-9-24-13/h3-4,6-7,9,11,14H,2,5,8,10H2,1H3,(H,19,22)/t14-/m1/s1. The molecule has 0 aromatic carbocycles. The number of pyridine rings is 1. The summed E-state index contributed by atoms with van der Waals surface area (Å²) in [5.41, 5.74) is 0.596. The summed E-state index contributed by atoms with van der Waals surface area (Å²) < 4.78 is 5.00. The van der Waals surface area contributed by atoms with E-state index in [1.165, 1.54) is 7.11 Å². The molecular weight excluding hydrogens is 326 g/mol. The number of nitrogens with zero attached hydrogens (tertiary/aromatic N) is 2. The SMILES string of the molecule is COc1ccc(NC(=O)[C@H]2CCCN2C(=O)Cc2cccs2)cn1. The number of ether oxygens (including phenoxy) is 1. The van der Waals surface area contributed by atoms with Gasteiger partial charge < -0.3 is 15.0 Å². The highest BCUT2D eigenvalue weighted by Gasteiger charge is 2.34. The van der Waals surface area contributed by atoms with Crippen LogP contribution in [-0.2, 0) is 16.0 Å². The van der Waals surface area contributed by atoms with Crippen molar-refractivity contribution < 1.29 is 14.3 Å². The number of rotatable bonds is 5. The second kappa shape index (κ2) is 7.44. The maximum absolute atomic E-state index is 12.5. The van der Waals surface area contributed by atoms with Crippen LogP contribution in [0.3, 0.4) is 0 Å². The highest BCUT2D eigenvalue weighted by Crippen LogP contribution is 2.22. The molecule has 0 aliphatic carbocycles. The minimum absolute atomic E-state index is 0.00274. The van der Waals surface area contributed by atoms with Crippen molar-refractivity contribution in [2.24, 2.45) is 0 Å². The Bertz CT molecular complexity index is 700. The normalized spacial score (nSPS) is 16.9. The fourth-order valence-electron chi connectivity index (χ4n) is 2.80. The quantitative estimate of drug-likeness (QED) is 0.903. The van der Waals surface area contributed by atoms with Gasteiger partial charge >= 0.3 is 0 Å². The van der Waals surface area contributed by atoms with Crippen LogP contribution in [0.25, 0.3) is 0 Å². The number of carbonyl (C=O) groups is 2. The number of aromatic nitrogens is 1. The smallest absolute Gasteiger partial charge is 0.247 e. The van der Waals surface area contributed by atoms with Gasteiger partial charge in [-0.15, -0.1) is 11.3 Å². The molecule has 2 amide bonds. The molecule has 1 aliphatic rings. The Balaban J connectivity index is 1.63. The summed E-state index contributed by atoms with van der Waals surface area (Å²) in [5.74, 6) is 0.323. The van der Waals surface area contributed by atoms with Crippen LogP contribution >= 0.6 is 11.3 Å². The second-order valence-corrected chi connectivity index (χ2v) is 6.61. The lowest BCUT2D eigenvalue weighted by atomic mass is 10.2. The highest BCUT2D eigenvalue weighted by molar-refractivity contribution is 7.10. The number of anilines is 1. The topological polar surface area (TPSA) is 71.5 Å². The number of carbonyl (C=O) groups excluding carboxylic acids is 2. The molecule has 6 nitrogen and oxygen atoms in total. The van der Waals surface area contributed by atoms with Crippen molar-refractivity contribution in [3.63, 3.8) is 0 Å². The average Bonchev–Trinajstić information content (AvgIpc) is 3.27. The van der Waals surface area contributed by atoms with E-state index in [1.807, 2.05) is 17.5 Å². The molecule has 7 heteroatoms. The third-order valence-corrected chi connectivity index (χ3v) is 4.87. The molecule has 0 spiro atoms. The molecule has 0 saturated carbocycles. The molecule has 1 saturated heterocycles. The summed E-state index contributed by atoms with van der Waals surface area (Å²) in [6.07, 6.45) is 3.43. The zero-order chi connectivity index (χ0) is 16.9. The van der Waals surface area contributed by atoms with Crippen LogP contribution in [0.1, 0.15) is 17.7 Å². The van der Waals surface area contributed by atoms with E-state index in [-0.39, 0.29) is 11.8 Å². The second-order valence-electron chi connectivity index (χ2n) is 5.58. The summed E-state index contributed by atoms with van der Waals surface area (Å²) in [6.45, 7) is 0.628. The van der Waals surface area contributed by atoms with Crippen molar-refractivity contribution in [1.29, 1.82) is 0 Å². The molecule has 2 aromatic rings. The Labute approximate surface area is 144 Å². The van der Waals surface area contributed by atoms with Crippen LogP contribution in [0.4, 0.5) is 5.69 Å². The summed E-state index contributed by atoms with van der Waals surface area (Å²) in [5, 5.41) is 4.78. The van der Waals surface area contributed by atoms with Crippen LogP contribution in [-0.4, -0.2) is 41.4 Å². The van der Waals surface area contributed by atoms with Gasteiger partial charge in [-0.2, -0.15) is 0 Å². The predicted octanol–water partition coefficient (Wildman–Crippen LogP) is 2.32. The largest absolute Gasteiger partial charge is 0.481 e. The molecule has 3 heterocycles. The number of methoxy groups -OCH3 is 1. The number of nitrogens with one attached hydrogen (secondary N) is 1. The first-order chi connectivity index (χ1) is 11.7. The Morgan fingerprint density at radius 2 is 2.29 bits per heavy atom. The van der Waals surface area contributed by atoms with E-state index in [0.29, 0.717) is 31.0 Å². The lowest BCUT2D eigenvalue weighted by Crippen LogP contribution is -2.43. The van der Waals surface area contributed by atoms with Crippen LogP contribution in [0.15, 0.2) is 35.8 Å². The van der Waals surface area contributed by atoms with Gasteiger partial charge in [0.15, 0.2) is 0 Å². The van der Waals surface area contributed by atoms with Gasteiger partial charge in [-0.05, 0) is 30.4 Å². The molecular formula is C17H19N3O3S. The molecule has 1 aliphatic heterocycles. The van der Waals surface area contributed by atoms with Crippen LogP contribution in [0, 0.1) is 0 Å². The first-order valence-corrected chi connectivity index (χ1v) is 8.68. The first kappa shape index (κ1) is 16.4. The van der Waals surface area contributed by atoms with Crippen LogP contribution in [0.2, 0.25) is 0 Å². The molecule has 126 valence electrons. The fraction of sp³-hybridized carbons (Fsp3) is 0.353. The maximum Gasteiger partial charge on any atom is 0.247 e. The molecule has 1 fully saturated rings. The van der Waals surface area contributed by atoms with Gasteiger partial charge in [0, 0.05) is 17.5 Å². The Hall–Kier alpha value is -2.41. The van der Waals surface area contributed by atoms with Gasteiger partial charge in [0.1, 0.15) is 6.04 Å². The van der Waals surface area contributed by atoms with Crippen LogP contribution < -0.4 is 10.1 Å².